The van der Waals surface area contributed by atoms with Crippen molar-refractivity contribution < 1.29 is 9.90 Å². The standard InChI is InChI=1S/C14H11NO2.ClH/c16-14(17)12-8-15-13-7-10-5-3-1-2-4-9(10)6-11(12)13;/h1-8,13,15H,(H,16,17);1H. The van der Waals surface area contributed by atoms with Crippen LogP contribution >= 0.6 is 12.4 Å². The quantitative estimate of drug-likeness (QED) is 0.761. The first-order valence-electron chi connectivity index (χ1n) is 5.44. The predicted molar refractivity (Wildman–Crippen MR) is 72.4 cm³/mol. The molecule has 0 fully saturated rings. The maximum absolute atomic E-state index is 11.1. The van der Waals surface area contributed by atoms with E-state index in [2.05, 4.69) is 11.4 Å². The average molecular weight is 262 g/mol. The molecule has 3 aliphatic rings. The van der Waals surface area contributed by atoms with Crippen molar-refractivity contribution in [2.24, 2.45) is 0 Å². The summed E-state index contributed by atoms with van der Waals surface area (Å²) >= 11 is 0. The van der Waals surface area contributed by atoms with Gasteiger partial charge >= 0.3 is 5.97 Å². The third-order valence-corrected chi connectivity index (χ3v) is 3.05. The Kier molecular flexibility index (Phi) is 3.26. The molecular formula is C14H12ClNO2. The molecule has 1 unspecified atom stereocenters. The molecule has 4 heteroatoms. The number of aliphatic carboxylic acids is 1. The van der Waals surface area contributed by atoms with Gasteiger partial charge < -0.3 is 10.4 Å². The summed E-state index contributed by atoms with van der Waals surface area (Å²) in [5.74, 6) is -0.886. The molecule has 0 bridgehead atoms. The molecule has 3 rings (SSSR count). The SMILES string of the molecule is Cl.O=C(O)C1=CNC2C=C3C=CC=CC=C3C=C12. The van der Waals surface area contributed by atoms with Crippen molar-refractivity contribution in [3.63, 3.8) is 0 Å². The van der Waals surface area contributed by atoms with Gasteiger partial charge in [0.05, 0.1) is 11.6 Å². The number of hydrogen-bond acceptors (Lipinski definition) is 2. The van der Waals surface area contributed by atoms with Gasteiger partial charge in [-0.1, -0.05) is 36.5 Å². The lowest BCUT2D eigenvalue weighted by atomic mass is 9.89. The van der Waals surface area contributed by atoms with Crippen molar-refractivity contribution in [1.82, 2.24) is 5.32 Å². The van der Waals surface area contributed by atoms with Gasteiger partial charge in [-0.3, -0.25) is 0 Å². The van der Waals surface area contributed by atoms with Crippen LogP contribution in [0.4, 0.5) is 0 Å². The number of halogens is 1. The molecule has 0 amide bonds. The van der Waals surface area contributed by atoms with Crippen LogP contribution in [-0.4, -0.2) is 17.1 Å². The highest BCUT2D eigenvalue weighted by atomic mass is 35.5. The van der Waals surface area contributed by atoms with Gasteiger partial charge in [-0.2, -0.15) is 0 Å². The number of hydrogen-bond donors (Lipinski definition) is 2. The third kappa shape index (κ3) is 1.93. The van der Waals surface area contributed by atoms with Gasteiger partial charge in [0, 0.05) is 6.20 Å². The second-order valence-corrected chi connectivity index (χ2v) is 4.10. The summed E-state index contributed by atoms with van der Waals surface area (Å²) in [4.78, 5) is 11.1. The minimum Gasteiger partial charge on any atom is -0.478 e. The van der Waals surface area contributed by atoms with Crippen molar-refractivity contribution in [1.29, 1.82) is 0 Å². The summed E-state index contributed by atoms with van der Waals surface area (Å²) < 4.78 is 0. The molecule has 0 spiro atoms. The van der Waals surface area contributed by atoms with Crippen molar-refractivity contribution in [2.45, 2.75) is 6.04 Å². The summed E-state index contributed by atoms with van der Waals surface area (Å²) in [5.41, 5.74) is 3.35. The number of nitrogens with one attached hydrogen (secondary N) is 1. The number of carbonyl (C=O) groups is 1. The van der Waals surface area contributed by atoms with Crippen LogP contribution in [0.2, 0.25) is 0 Å². The second kappa shape index (κ2) is 4.70. The number of allylic oxidation sites excluding steroid dienone is 8. The van der Waals surface area contributed by atoms with E-state index in [1.54, 1.807) is 6.20 Å². The zero-order valence-electron chi connectivity index (χ0n) is 9.46. The maximum Gasteiger partial charge on any atom is 0.337 e. The normalized spacial score (nSPS) is 23.2. The molecule has 0 aromatic carbocycles. The Labute approximate surface area is 111 Å². The molecule has 0 saturated carbocycles. The van der Waals surface area contributed by atoms with E-state index in [4.69, 9.17) is 5.11 Å². The molecular weight excluding hydrogens is 250 g/mol. The highest BCUT2D eigenvalue weighted by Crippen LogP contribution is 2.32. The van der Waals surface area contributed by atoms with Crippen LogP contribution in [0, 0.1) is 0 Å². The van der Waals surface area contributed by atoms with Gasteiger partial charge in [0.15, 0.2) is 0 Å². The van der Waals surface area contributed by atoms with E-state index in [-0.39, 0.29) is 18.4 Å². The molecule has 92 valence electrons. The first-order valence-corrected chi connectivity index (χ1v) is 5.44. The van der Waals surface area contributed by atoms with Crippen LogP contribution in [0.3, 0.4) is 0 Å². The highest BCUT2D eigenvalue weighted by molar-refractivity contribution is 5.94. The fourth-order valence-corrected chi connectivity index (χ4v) is 2.21. The molecule has 2 N–H and O–H groups in total. The molecule has 1 heterocycles. The van der Waals surface area contributed by atoms with E-state index in [0.29, 0.717) is 5.57 Å². The topological polar surface area (TPSA) is 49.3 Å². The summed E-state index contributed by atoms with van der Waals surface area (Å²) in [5, 5.41) is 12.2. The Morgan fingerprint density at radius 1 is 1.22 bits per heavy atom. The number of fused-ring (bicyclic) bond motifs is 2. The Balaban J connectivity index is 0.00000120. The molecule has 2 aliphatic carbocycles. The molecule has 1 aliphatic heterocycles. The summed E-state index contributed by atoms with van der Waals surface area (Å²) in [6.45, 7) is 0. The van der Waals surface area contributed by atoms with E-state index in [0.717, 1.165) is 16.7 Å². The van der Waals surface area contributed by atoms with Gasteiger partial charge in [0.1, 0.15) is 0 Å². The van der Waals surface area contributed by atoms with Crippen molar-refractivity contribution in [3.8, 4) is 0 Å². The number of carboxylic acid groups (broad SMARTS) is 1. The zero-order valence-corrected chi connectivity index (χ0v) is 10.3. The van der Waals surface area contributed by atoms with Gasteiger partial charge in [-0.25, -0.2) is 4.79 Å². The Morgan fingerprint density at radius 2 is 2.06 bits per heavy atom. The van der Waals surface area contributed by atoms with Gasteiger partial charge in [0.2, 0.25) is 0 Å². The molecule has 18 heavy (non-hydrogen) atoms. The van der Waals surface area contributed by atoms with Crippen molar-refractivity contribution in [3.05, 3.63) is 71.0 Å². The van der Waals surface area contributed by atoms with E-state index in [9.17, 15) is 4.79 Å². The number of rotatable bonds is 1. The van der Waals surface area contributed by atoms with Crippen LogP contribution in [0.15, 0.2) is 71.0 Å². The minimum absolute atomic E-state index is 0. The lowest BCUT2D eigenvalue weighted by molar-refractivity contribution is -0.132. The molecule has 0 saturated heterocycles. The Hall–Kier alpha value is -2.00. The maximum atomic E-state index is 11.1. The van der Waals surface area contributed by atoms with E-state index in [1.165, 1.54) is 0 Å². The lowest BCUT2D eigenvalue weighted by Crippen LogP contribution is -2.22. The monoisotopic (exact) mass is 261 g/mol. The van der Waals surface area contributed by atoms with Crippen LogP contribution in [0.25, 0.3) is 0 Å². The molecule has 0 radical (unpaired) electrons. The molecule has 0 aromatic rings. The largest absolute Gasteiger partial charge is 0.478 e. The highest BCUT2D eigenvalue weighted by Gasteiger charge is 2.29. The fourth-order valence-electron chi connectivity index (χ4n) is 2.21. The first-order chi connectivity index (χ1) is 8.25. The molecule has 1 atom stereocenters. The minimum atomic E-state index is -0.886. The average Bonchev–Trinajstić information content (AvgIpc) is 2.57. The van der Waals surface area contributed by atoms with Gasteiger partial charge in [0.25, 0.3) is 0 Å². The fraction of sp³-hybridized carbons (Fsp3) is 0.0714. The Bertz CT molecular complexity index is 577. The van der Waals surface area contributed by atoms with Crippen LogP contribution in [0.1, 0.15) is 0 Å². The molecule has 3 nitrogen and oxygen atoms in total. The molecule has 0 aromatic heterocycles. The zero-order chi connectivity index (χ0) is 11.8. The number of carboxylic acids is 1. The summed E-state index contributed by atoms with van der Waals surface area (Å²) in [6.07, 6.45) is 15.5. The van der Waals surface area contributed by atoms with Crippen molar-refractivity contribution >= 4 is 18.4 Å². The third-order valence-electron chi connectivity index (χ3n) is 3.05. The summed E-state index contributed by atoms with van der Waals surface area (Å²) in [7, 11) is 0. The van der Waals surface area contributed by atoms with Crippen LogP contribution < -0.4 is 5.32 Å². The smallest absolute Gasteiger partial charge is 0.337 e. The van der Waals surface area contributed by atoms with Crippen LogP contribution in [0.5, 0.6) is 0 Å². The first kappa shape index (κ1) is 12.5. The Morgan fingerprint density at radius 3 is 2.83 bits per heavy atom. The van der Waals surface area contributed by atoms with Crippen LogP contribution in [-0.2, 0) is 4.79 Å². The summed E-state index contributed by atoms with van der Waals surface area (Å²) in [6, 6.07) is -0.0176. The predicted octanol–water partition coefficient (Wildman–Crippen LogP) is 2.27. The van der Waals surface area contributed by atoms with E-state index < -0.39 is 5.97 Å². The van der Waals surface area contributed by atoms with E-state index in [1.807, 2.05) is 36.5 Å². The van der Waals surface area contributed by atoms with Gasteiger partial charge in [-0.05, 0) is 22.8 Å². The van der Waals surface area contributed by atoms with Crippen molar-refractivity contribution in [2.75, 3.05) is 0 Å². The second-order valence-electron chi connectivity index (χ2n) is 4.10. The van der Waals surface area contributed by atoms with Gasteiger partial charge in [-0.15, -0.1) is 12.4 Å². The van der Waals surface area contributed by atoms with E-state index >= 15 is 0 Å². The lowest BCUT2D eigenvalue weighted by Gasteiger charge is -2.18.